The van der Waals surface area contributed by atoms with E-state index in [1.807, 2.05) is 20.8 Å². The highest BCUT2D eigenvalue weighted by Gasteiger charge is 2.46. The van der Waals surface area contributed by atoms with Gasteiger partial charge >= 0.3 is 0 Å². The average Bonchev–Trinajstić information content (AvgIpc) is 3.35. The Hall–Kier alpha value is -3.58. The van der Waals surface area contributed by atoms with Crippen LogP contribution in [0, 0.1) is 12.7 Å². The molecule has 6 nitrogen and oxygen atoms in total. The molecule has 1 aliphatic carbocycles. The van der Waals surface area contributed by atoms with Gasteiger partial charge in [-0.15, -0.1) is 0 Å². The van der Waals surface area contributed by atoms with Crippen LogP contribution in [0.15, 0.2) is 48.5 Å². The number of anilines is 2. The van der Waals surface area contributed by atoms with Gasteiger partial charge in [-0.1, -0.05) is 47.5 Å². The smallest absolute Gasteiger partial charge is 0.255 e. The lowest BCUT2D eigenvalue weighted by Gasteiger charge is -2.21. The summed E-state index contributed by atoms with van der Waals surface area (Å²) in [5.74, 6) is 0.214. The number of carbonyl (C=O) groups is 1. The van der Waals surface area contributed by atoms with Crippen LogP contribution in [0.1, 0.15) is 53.7 Å². The van der Waals surface area contributed by atoms with Crippen molar-refractivity contribution >= 4 is 40.2 Å². The number of fused-ring (bicyclic) bond motifs is 3. The van der Waals surface area contributed by atoms with E-state index in [4.69, 9.17) is 16.3 Å². The molecule has 1 saturated carbocycles. The number of imidazole rings is 1. The highest BCUT2D eigenvalue weighted by atomic mass is 35.5. The lowest BCUT2D eigenvalue weighted by Crippen LogP contribution is -2.35. The number of hydrogen-bond acceptors (Lipinski definition) is 4. The zero-order chi connectivity index (χ0) is 25.2. The minimum Gasteiger partial charge on any atom is -0.486 e. The number of carbonyl (C=O) groups excluding carboxylic acids is 1. The number of H-pyrrole nitrogens is 1. The minimum atomic E-state index is -0.483. The van der Waals surface area contributed by atoms with Gasteiger partial charge in [0, 0.05) is 12.0 Å². The molecule has 8 heteroatoms. The molecule has 1 aliphatic heterocycles. The second kappa shape index (κ2) is 7.96. The summed E-state index contributed by atoms with van der Waals surface area (Å²) < 4.78 is 20.6. The number of benzene rings is 3. The van der Waals surface area contributed by atoms with Gasteiger partial charge in [0.2, 0.25) is 5.95 Å². The van der Waals surface area contributed by atoms with Crippen molar-refractivity contribution in [1.82, 2.24) is 15.3 Å². The molecule has 0 saturated heterocycles. The fourth-order valence-electron chi connectivity index (χ4n) is 4.95. The van der Waals surface area contributed by atoms with Crippen molar-refractivity contribution in [2.75, 3.05) is 5.32 Å². The highest BCUT2D eigenvalue weighted by molar-refractivity contribution is 6.33. The quantitative estimate of drug-likeness (QED) is 0.288. The summed E-state index contributed by atoms with van der Waals surface area (Å²) in [5, 5.41) is 6.46. The molecule has 184 valence electrons. The van der Waals surface area contributed by atoms with Crippen molar-refractivity contribution in [3.05, 3.63) is 81.6 Å². The van der Waals surface area contributed by atoms with Crippen LogP contribution < -0.4 is 15.4 Å². The summed E-state index contributed by atoms with van der Waals surface area (Å²) in [5.41, 5.74) is 4.25. The van der Waals surface area contributed by atoms with E-state index in [0.29, 0.717) is 29.2 Å². The first-order chi connectivity index (χ1) is 17.1. The molecule has 6 rings (SSSR count). The molecule has 0 atom stereocenters. The van der Waals surface area contributed by atoms with Gasteiger partial charge in [-0.2, -0.15) is 0 Å². The number of ether oxygens (including phenoxy) is 1. The van der Waals surface area contributed by atoms with Crippen LogP contribution in [-0.4, -0.2) is 21.5 Å². The predicted molar refractivity (Wildman–Crippen MR) is 139 cm³/mol. The molecular formula is C28H26ClFN4O2. The van der Waals surface area contributed by atoms with Crippen molar-refractivity contribution in [2.45, 2.75) is 51.2 Å². The van der Waals surface area contributed by atoms with Gasteiger partial charge in [-0.25, -0.2) is 9.37 Å². The fourth-order valence-corrected chi connectivity index (χ4v) is 5.16. The molecule has 3 aromatic carbocycles. The molecule has 0 unspecified atom stereocenters. The number of halogens is 2. The van der Waals surface area contributed by atoms with Crippen LogP contribution in [0.4, 0.5) is 16.0 Å². The van der Waals surface area contributed by atoms with Crippen LogP contribution >= 0.6 is 11.6 Å². The summed E-state index contributed by atoms with van der Waals surface area (Å²) >= 11 is 6.19. The summed E-state index contributed by atoms with van der Waals surface area (Å²) in [6, 6.07) is 14.5. The molecule has 4 aromatic rings. The average molecular weight is 505 g/mol. The van der Waals surface area contributed by atoms with Gasteiger partial charge < -0.3 is 20.4 Å². The monoisotopic (exact) mass is 504 g/mol. The van der Waals surface area contributed by atoms with E-state index in [1.165, 1.54) is 11.6 Å². The molecular weight excluding hydrogens is 479 g/mol. The van der Waals surface area contributed by atoms with E-state index in [2.05, 4.69) is 44.9 Å². The largest absolute Gasteiger partial charge is 0.486 e. The highest BCUT2D eigenvalue weighted by Crippen LogP contribution is 2.47. The van der Waals surface area contributed by atoms with Gasteiger partial charge in [0.1, 0.15) is 17.2 Å². The first-order valence-electron chi connectivity index (χ1n) is 12.0. The number of aryl methyl sites for hydroxylation is 1. The number of nitrogens with one attached hydrogen (secondary N) is 3. The number of aromatic amines is 1. The standard InChI is InChI=1S/C28H26ClFN4O2/c1-15-7-9-16(10-8-15)28(11-12-28)34-25(35)17-13-21-22(18-14-27(2,3)36-24(17)18)32-26(31-21)33-23-19(29)5-4-6-20(23)30/h4-10,13H,11-12,14H2,1-3H3,(H,34,35)(H2,31,32,33). The molecule has 2 heterocycles. The van der Waals surface area contributed by atoms with E-state index in [9.17, 15) is 9.18 Å². The third-order valence-corrected chi connectivity index (χ3v) is 7.29. The van der Waals surface area contributed by atoms with Crippen LogP contribution in [0.5, 0.6) is 5.75 Å². The lowest BCUT2D eigenvalue weighted by atomic mass is 9.98. The Balaban J connectivity index is 1.38. The number of para-hydroxylation sites is 1. The SMILES string of the molecule is Cc1ccc(C2(NC(=O)c3cc4nc(Nc5c(F)cccc5Cl)[nH]c4c4c3OC(C)(C)C4)CC2)cc1. The number of nitrogens with zero attached hydrogens (tertiary/aromatic N) is 1. The Bertz CT molecular complexity index is 1500. The number of amides is 1. The molecule has 0 spiro atoms. The molecule has 3 N–H and O–H groups in total. The van der Waals surface area contributed by atoms with Crippen LogP contribution in [0.25, 0.3) is 11.0 Å². The van der Waals surface area contributed by atoms with Crippen molar-refractivity contribution in [2.24, 2.45) is 0 Å². The maximum Gasteiger partial charge on any atom is 0.255 e. The molecule has 0 radical (unpaired) electrons. The maximum absolute atomic E-state index is 14.3. The Morgan fingerprint density at radius 3 is 2.61 bits per heavy atom. The predicted octanol–water partition coefficient (Wildman–Crippen LogP) is 6.54. The third-order valence-electron chi connectivity index (χ3n) is 6.97. The summed E-state index contributed by atoms with van der Waals surface area (Å²) in [4.78, 5) is 21.5. The zero-order valence-corrected chi connectivity index (χ0v) is 21.0. The van der Waals surface area contributed by atoms with Gasteiger partial charge in [-0.05, 0) is 57.4 Å². The van der Waals surface area contributed by atoms with E-state index in [1.54, 1.807) is 18.2 Å². The molecule has 1 aromatic heterocycles. The van der Waals surface area contributed by atoms with E-state index in [-0.39, 0.29) is 22.2 Å². The summed E-state index contributed by atoms with van der Waals surface area (Å²) in [6.45, 7) is 6.03. The molecule has 1 amide bonds. The van der Waals surface area contributed by atoms with Crippen LogP contribution in [0.2, 0.25) is 5.02 Å². The van der Waals surface area contributed by atoms with Crippen molar-refractivity contribution in [3.63, 3.8) is 0 Å². The fraction of sp³-hybridized carbons (Fsp3) is 0.286. The van der Waals surface area contributed by atoms with Gasteiger partial charge in [0.25, 0.3) is 5.91 Å². The Morgan fingerprint density at radius 1 is 1.17 bits per heavy atom. The van der Waals surface area contributed by atoms with Gasteiger partial charge in [0.15, 0.2) is 0 Å². The molecule has 1 fully saturated rings. The Morgan fingerprint density at radius 2 is 1.92 bits per heavy atom. The second-order valence-electron chi connectivity index (χ2n) is 10.4. The lowest BCUT2D eigenvalue weighted by molar-refractivity contribution is 0.0917. The van der Waals surface area contributed by atoms with E-state index < -0.39 is 11.4 Å². The second-order valence-corrected chi connectivity index (χ2v) is 10.8. The molecule has 2 aliphatic rings. The van der Waals surface area contributed by atoms with Crippen molar-refractivity contribution in [3.8, 4) is 5.75 Å². The topological polar surface area (TPSA) is 79.0 Å². The Labute approximate surface area is 213 Å². The number of hydrogen-bond donors (Lipinski definition) is 3. The van der Waals surface area contributed by atoms with Gasteiger partial charge in [0.05, 0.1) is 32.8 Å². The zero-order valence-electron chi connectivity index (χ0n) is 20.3. The van der Waals surface area contributed by atoms with E-state index >= 15 is 0 Å². The Kier molecular flexibility index (Phi) is 5.06. The minimum absolute atomic E-state index is 0.137. The van der Waals surface area contributed by atoms with E-state index in [0.717, 1.165) is 29.5 Å². The normalized spacial score (nSPS) is 16.9. The third kappa shape index (κ3) is 3.88. The first kappa shape index (κ1) is 22.9. The molecule has 36 heavy (non-hydrogen) atoms. The van der Waals surface area contributed by atoms with Crippen LogP contribution in [0.3, 0.4) is 0 Å². The first-order valence-corrected chi connectivity index (χ1v) is 12.4. The van der Waals surface area contributed by atoms with Crippen molar-refractivity contribution < 1.29 is 13.9 Å². The maximum atomic E-state index is 14.3. The van der Waals surface area contributed by atoms with Crippen molar-refractivity contribution in [1.29, 1.82) is 0 Å². The van der Waals surface area contributed by atoms with Crippen LogP contribution in [-0.2, 0) is 12.0 Å². The number of aromatic nitrogens is 2. The van der Waals surface area contributed by atoms with Gasteiger partial charge in [-0.3, -0.25) is 4.79 Å². The molecule has 0 bridgehead atoms. The summed E-state index contributed by atoms with van der Waals surface area (Å²) in [7, 11) is 0. The number of rotatable bonds is 5. The summed E-state index contributed by atoms with van der Waals surface area (Å²) in [6.07, 6.45) is 2.38.